The largest absolute Gasteiger partial charge is 0.348 e. The van der Waals surface area contributed by atoms with Crippen LogP contribution in [-0.2, 0) is 13.1 Å². The number of benzene rings is 2. The van der Waals surface area contributed by atoms with Crippen LogP contribution < -0.4 is 5.32 Å². The highest BCUT2D eigenvalue weighted by atomic mass is 16.6. The second-order valence-electron chi connectivity index (χ2n) is 6.31. The Hall–Kier alpha value is -3.48. The summed E-state index contributed by atoms with van der Waals surface area (Å²) in [6.07, 6.45) is 3.69. The molecule has 2 aromatic carbocycles. The van der Waals surface area contributed by atoms with Crippen molar-refractivity contribution in [2.45, 2.75) is 26.9 Å². The third-order valence-electron chi connectivity index (χ3n) is 4.47. The fraction of sp³-hybridized carbons (Fsp3) is 0.200. The molecule has 0 unspecified atom stereocenters. The van der Waals surface area contributed by atoms with E-state index >= 15 is 0 Å². The fourth-order valence-electron chi connectivity index (χ4n) is 2.95. The number of nitro benzene ring substituents is 1. The van der Waals surface area contributed by atoms with Gasteiger partial charge in [-0.15, -0.1) is 0 Å². The topological polar surface area (TPSA) is 90.1 Å². The molecule has 0 aliphatic carbocycles. The van der Waals surface area contributed by atoms with Crippen LogP contribution in [-0.4, -0.2) is 20.4 Å². The van der Waals surface area contributed by atoms with E-state index in [1.807, 2.05) is 42.0 Å². The molecule has 0 radical (unpaired) electrons. The van der Waals surface area contributed by atoms with Crippen molar-refractivity contribution in [1.29, 1.82) is 0 Å². The van der Waals surface area contributed by atoms with Crippen molar-refractivity contribution in [3.05, 3.63) is 93.1 Å². The first-order valence-electron chi connectivity index (χ1n) is 8.53. The maximum atomic E-state index is 12.5. The molecule has 3 aromatic rings. The predicted octanol–water partition coefficient (Wildman–Crippen LogP) is 3.39. The lowest BCUT2D eigenvalue weighted by atomic mass is 10.1. The van der Waals surface area contributed by atoms with Gasteiger partial charge in [0, 0.05) is 42.7 Å². The molecule has 0 bridgehead atoms. The van der Waals surface area contributed by atoms with Crippen LogP contribution in [0.2, 0.25) is 0 Å². The molecule has 0 spiro atoms. The zero-order chi connectivity index (χ0) is 19.4. The number of aryl methyl sites for hydroxylation is 1. The van der Waals surface area contributed by atoms with E-state index in [0.29, 0.717) is 24.2 Å². The van der Waals surface area contributed by atoms with Gasteiger partial charge in [-0.1, -0.05) is 30.3 Å². The van der Waals surface area contributed by atoms with Crippen molar-refractivity contribution in [1.82, 2.24) is 14.9 Å². The molecule has 1 amide bonds. The zero-order valence-electron chi connectivity index (χ0n) is 15.2. The number of carbonyl (C=O) groups is 1. The first kappa shape index (κ1) is 18.3. The van der Waals surface area contributed by atoms with Gasteiger partial charge in [0.05, 0.1) is 4.92 Å². The number of rotatable bonds is 6. The van der Waals surface area contributed by atoms with Gasteiger partial charge in [0.1, 0.15) is 5.82 Å². The first-order valence-corrected chi connectivity index (χ1v) is 8.53. The Morgan fingerprint density at radius 2 is 1.93 bits per heavy atom. The minimum atomic E-state index is -0.478. The molecule has 0 fully saturated rings. The third kappa shape index (κ3) is 4.20. The lowest BCUT2D eigenvalue weighted by molar-refractivity contribution is -0.385. The number of aromatic nitrogens is 2. The van der Waals surface area contributed by atoms with Crippen LogP contribution in [0.15, 0.2) is 54.9 Å². The second-order valence-corrected chi connectivity index (χ2v) is 6.31. The number of carbonyl (C=O) groups excluding carboxylic acids is 1. The Bertz CT molecular complexity index is 994. The number of hydrogen-bond donors (Lipinski definition) is 1. The minimum absolute atomic E-state index is 0.0552. The van der Waals surface area contributed by atoms with Crippen molar-refractivity contribution in [3.8, 4) is 0 Å². The predicted molar refractivity (Wildman–Crippen MR) is 102 cm³/mol. The molecular weight excluding hydrogens is 344 g/mol. The van der Waals surface area contributed by atoms with Crippen molar-refractivity contribution in [2.75, 3.05) is 0 Å². The Labute approximate surface area is 156 Å². The molecule has 0 saturated heterocycles. The summed E-state index contributed by atoms with van der Waals surface area (Å²) in [5.74, 6) is 0.613. The van der Waals surface area contributed by atoms with Crippen molar-refractivity contribution >= 4 is 11.6 Å². The normalized spacial score (nSPS) is 10.6. The van der Waals surface area contributed by atoms with E-state index in [9.17, 15) is 14.9 Å². The number of amides is 1. The summed E-state index contributed by atoms with van der Waals surface area (Å²) in [4.78, 5) is 27.2. The number of nitro groups is 1. The van der Waals surface area contributed by atoms with Crippen LogP contribution in [0.4, 0.5) is 5.69 Å². The van der Waals surface area contributed by atoms with Gasteiger partial charge in [0.25, 0.3) is 11.6 Å². The van der Waals surface area contributed by atoms with Crippen LogP contribution in [0.5, 0.6) is 0 Å². The number of imidazole rings is 1. The summed E-state index contributed by atoms with van der Waals surface area (Å²) in [5.41, 5.74) is 2.69. The molecule has 0 aliphatic heterocycles. The molecule has 1 aromatic heterocycles. The molecule has 3 rings (SSSR count). The van der Waals surface area contributed by atoms with E-state index in [-0.39, 0.29) is 11.6 Å². The molecule has 138 valence electrons. The van der Waals surface area contributed by atoms with Gasteiger partial charge < -0.3 is 9.88 Å². The third-order valence-corrected chi connectivity index (χ3v) is 4.47. The van der Waals surface area contributed by atoms with Gasteiger partial charge in [-0.25, -0.2) is 4.98 Å². The smallest absolute Gasteiger partial charge is 0.273 e. The van der Waals surface area contributed by atoms with E-state index in [1.54, 1.807) is 19.2 Å². The Morgan fingerprint density at radius 1 is 1.19 bits per heavy atom. The molecule has 7 heteroatoms. The molecular formula is C20H20N4O3. The lowest BCUT2D eigenvalue weighted by Crippen LogP contribution is -2.24. The van der Waals surface area contributed by atoms with E-state index in [4.69, 9.17) is 0 Å². The van der Waals surface area contributed by atoms with Crippen LogP contribution in [0.25, 0.3) is 0 Å². The highest BCUT2D eigenvalue weighted by Gasteiger charge is 2.17. The van der Waals surface area contributed by atoms with Gasteiger partial charge in [0.15, 0.2) is 0 Å². The summed E-state index contributed by atoms with van der Waals surface area (Å²) < 4.78 is 2.05. The first-order chi connectivity index (χ1) is 13.0. The zero-order valence-corrected chi connectivity index (χ0v) is 15.2. The van der Waals surface area contributed by atoms with E-state index < -0.39 is 4.92 Å². The van der Waals surface area contributed by atoms with Crippen LogP contribution in [0, 0.1) is 24.0 Å². The highest BCUT2D eigenvalue weighted by molar-refractivity contribution is 5.96. The minimum Gasteiger partial charge on any atom is -0.348 e. The van der Waals surface area contributed by atoms with Crippen molar-refractivity contribution < 1.29 is 9.72 Å². The highest BCUT2D eigenvalue weighted by Crippen LogP contribution is 2.21. The summed E-state index contributed by atoms with van der Waals surface area (Å²) in [5, 5.41) is 13.9. The molecule has 0 saturated carbocycles. The average molecular weight is 364 g/mol. The van der Waals surface area contributed by atoms with Crippen molar-refractivity contribution in [3.63, 3.8) is 0 Å². The lowest BCUT2D eigenvalue weighted by Gasteiger charge is -2.10. The fourth-order valence-corrected chi connectivity index (χ4v) is 2.95. The molecule has 0 atom stereocenters. The Balaban J connectivity index is 1.69. The molecule has 1 heterocycles. The standard InChI is InChI=1S/C20H20N4O3/c1-14-18(7-4-8-19(14)24(26)27)20(25)22-12-16-5-3-6-17(11-16)13-23-10-9-21-15(23)2/h3-11H,12-13H2,1-2H3,(H,22,25). The second kappa shape index (κ2) is 7.82. The Morgan fingerprint density at radius 3 is 2.63 bits per heavy atom. The molecule has 0 aliphatic rings. The van der Waals surface area contributed by atoms with Gasteiger partial charge in [0.2, 0.25) is 0 Å². The summed E-state index contributed by atoms with van der Waals surface area (Å²) in [6, 6.07) is 12.4. The van der Waals surface area contributed by atoms with E-state index in [2.05, 4.69) is 10.3 Å². The SMILES string of the molecule is Cc1c(C(=O)NCc2cccc(Cn3ccnc3C)c2)cccc1[N+](=O)[O-]. The maximum Gasteiger partial charge on any atom is 0.273 e. The molecule has 1 N–H and O–H groups in total. The number of hydrogen-bond acceptors (Lipinski definition) is 4. The quantitative estimate of drug-likeness (QED) is 0.536. The van der Waals surface area contributed by atoms with E-state index in [1.165, 1.54) is 12.1 Å². The Kier molecular flexibility index (Phi) is 5.30. The molecule has 7 nitrogen and oxygen atoms in total. The summed E-state index contributed by atoms with van der Waals surface area (Å²) in [7, 11) is 0. The van der Waals surface area contributed by atoms with Gasteiger partial charge in [-0.05, 0) is 31.0 Å². The van der Waals surface area contributed by atoms with Crippen LogP contribution in [0.3, 0.4) is 0 Å². The van der Waals surface area contributed by atoms with Crippen LogP contribution >= 0.6 is 0 Å². The average Bonchev–Trinajstić information content (AvgIpc) is 3.04. The molecule has 27 heavy (non-hydrogen) atoms. The summed E-state index contributed by atoms with van der Waals surface area (Å²) in [6.45, 7) is 4.59. The number of nitrogens with zero attached hydrogens (tertiary/aromatic N) is 3. The van der Waals surface area contributed by atoms with Crippen LogP contribution in [0.1, 0.15) is 32.9 Å². The number of nitrogens with one attached hydrogen (secondary N) is 1. The van der Waals surface area contributed by atoms with Gasteiger partial charge in [-0.3, -0.25) is 14.9 Å². The monoisotopic (exact) mass is 364 g/mol. The summed E-state index contributed by atoms with van der Waals surface area (Å²) >= 11 is 0. The van der Waals surface area contributed by atoms with Gasteiger partial charge in [-0.2, -0.15) is 0 Å². The maximum absolute atomic E-state index is 12.5. The van der Waals surface area contributed by atoms with Gasteiger partial charge >= 0.3 is 0 Å². The van der Waals surface area contributed by atoms with Crippen molar-refractivity contribution in [2.24, 2.45) is 0 Å². The van der Waals surface area contributed by atoms with E-state index in [0.717, 1.165) is 17.0 Å².